The van der Waals surface area contributed by atoms with Crippen LogP contribution in [0.25, 0.3) is 0 Å². The van der Waals surface area contributed by atoms with Gasteiger partial charge in [-0.3, -0.25) is 0 Å². The molecule has 0 N–H and O–H groups in total. The van der Waals surface area contributed by atoms with Gasteiger partial charge in [0.05, 0.1) is 14.2 Å². The van der Waals surface area contributed by atoms with Crippen molar-refractivity contribution < 1.29 is 35.4 Å². The minimum absolute atomic E-state index is 0. The van der Waals surface area contributed by atoms with Crippen molar-refractivity contribution in [2.45, 2.75) is 34.6 Å². The third-order valence-electron chi connectivity index (χ3n) is 4.08. The molecule has 0 unspecified atom stereocenters. The summed E-state index contributed by atoms with van der Waals surface area (Å²) < 4.78 is 29.2. The zero-order chi connectivity index (χ0) is 20.7. The molecule has 0 atom stereocenters. The van der Waals surface area contributed by atoms with Crippen molar-refractivity contribution in [3.05, 3.63) is 73.2 Å². The van der Waals surface area contributed by atoms with Crippen molar-refractivity contribution in [2.24, 2.45) is 4.74 Å². The molecule has 0 aromatic heterocycles. The molecule has 0 saturated heterocycles. The van der Waals surface area contributed by atoms with Gasteiger partial charge in [-0.1, -0.05) is 52.8 Å². The molecule has 147 valence electrons. The fraction of sp³-hybridized carbons (Fsp3) is 0.350. The second kappa shape index (κ2) is 18.6. The van der Waals surface area contributed by atoms with E-state index in [1.165, 1.54) is 29.6 Å². The van der Waals surface area contributed by atoms with Crippen LogP contribution in [0.5, 0.6) is 0 Å². The summed E-state index contributed by atoms with van der Waals surface area (Å²) in [7, 11) is 2.06. The first-order chi connectivity index (χ1) is 12.4. The Morgan fingerprint density at radius 1 is 0.704 bits per heavy atom. The summed E-state index contributed by atoms with van der Waals surface area (Å²) in [6.45, 7) is 20.0. The first-order valence-electron chi connectivity index (χ1n) is 7.67. The number of hydrogen-bond donors (Lipinski definition) is 0. The van der Waals surface area contributed by atoms with E-state index in [0.29, 0.717) is 0 Å². The molecule has 1 aromatic carbocycles. The maximum absolute atomic E-state index is 7.50. The molecule has 0 amide bonds. The molecule has 5 radical (unpaired) electrons. The van der Waals surface area contributed by atoms with Crippen LogP contribution >= 0.6 is 8.17 Å². The van der Waals surface area contributed by atoms with Gasteiger partial charge in [0, 0.05) is 17.1 Å². The van der Waals surface area contributed by atoms with E-state index < -0.39 is 8.17 Å². The Balaban J connectivity index is -0.000000352. The number of benzene rings is 1. The molecule has 27 heavy (non-hydrogen) atoms. The quantitative estimate of drug-likeness (QED) is 0.255. The van der Waals surface area contributed by atoms with E-state index in [-0.39, 0.29) is 17.1 Å². The molecule has 1 aliphatic carbocycles. The fourth-order valence-electron chi connectivity index (χ4n) is 2.15. The Kier molecular flexibility index (Phi) is 21.3. The molecule has 0 bridgehead atoms. The minimum Gasteiger partial charge on any atom is 0 e. The van der Waals surface area contributed by atoms with Gasteiger partial charge in [-0.25, -0.2) is 0 Å². The van der Waals surface area contributed by atoms with Crippen molar-refractivity contribution >= 4 is 13.9 Å². The van der Waals surface area contributed by atoms with Gasteiger partial charge < -0.3 is 0 Å². The summed E-state index contributed by atoms with van der Waals surface area (Å²) in [6, 6.07) is 9.62. The molecular weight excluding hydrogens is 405 g/mol. The molecule has 5 nitrogen and oxygen atoms in total. The molecule has 0 spiro atoms. The van der Waals surface area contributed by atoms with Crippen molar-refractivity contribution in [3.63, 3.8) is 0 Å². The van der Waals surface area contributed by atoms with Gasteiger partial charge in [0.1, 0.15) is 5.69 Å². The van der Waals surface area contributed by atoms with Crippen LogP contribution in [0.1, 0.15) is 34.6 Å². The maximum Gasteiger partial charge on any atom is 0 e. The topological polar surface area (TPSA) is 70.6 Å². The van der Waals surface area contributed by atoms with Crippen LogP contribution in [-0.4, -0.2) is 14.2 Å². The SMILES string of the molecule is CO[P+](=Nc1ccccc1)OC.C[C]1[C](C)[C](C)[C](C)[C]1C.[C-]#[O+].[C-]#[O+].[Fe]. The second-order valence-corrected chi connectivity index (χ2v) is 6.57. The van der Waals surface area contributed by atoms with Gasteiger partial charge in [-0.15, -0.1) is 9.05 Å². The van der Waals surface area contributed by atoms with Crippen LogP contribution in [0, 0.1) is 42.9 Å². The van der Waals surface area contributed by atoms with Crippen molar-refractivity contribution in [1.29, 1.82) is 0 Å². The summed E-state index contributed by atoms with van der Waals surface area (Å²) in [5.74, 6) is 7.34. The van der Waals surface area contributed by atoms with E-state index in [1.54, 1.807) is 14.2 Å². The largest absolute Gasteiger partial charge is 0 e. The Hall–Kier alpha value is -0.761. The van der Waals surface area contributed by atoms with Gasteiger partial charge in [0.2, 0.25) is 0 Å². The third kappa shape index (κ3) is 11.0. The first-order valence-corrected chi connectivity index (χ1v) is 8.80. The Bertz CT molecular complexity index is 494. The Labute approximate surface area is 176 Å². The van der Waals surface area contributed by atoms with E-state index in [9.17, 15) is 0 Å². The van der Waals surface area contributed by atoms with Crippen LogP contribution in [0.2, 0.25) is 0 Å². The van der Waals surface area contributed by atoms with E-state index in [4.69, 9.17) is 18.4 Å². The van der Waals surface area contributed by atoms with Gasteiger partial charge >= 0.3 is 30.8 Å². The van der Waals surface area contributed by atoms with Crippen molar-refractivity contribution in [3.8, 4) is 0 Å². The molecule has 0 aliphatic heterocycles. The van der Waals surface area contributed by atoms with E-state index in [0.717, 1.165) is 5.69 Å². The third-order valence-corrected chi connectivity index (χ3v) is 5.10. The average molecular weight is 431 g/mol. The zero-order valence-electron chi connectivity index (χ0n) is 16.8. The summed E-state index contributed by atoms with van der Waals surface area (Å²) in [4.78, 5) is 0. The molecule has 1 aliphatic rings. The average Bonchev–Trinajstić information content (AvgIpc) is 2.88. The molecule has 7 heteroatoms. The fourth-order valence-corrected chi connectivity index (χ4v) is 2.79. The predicted molar refractivity (Wildman–Crippen MR) is 102 cm³/mol. The first kappa shape index (κ1) is 31.0. The number of hydrogen-bond acceptors (Lipinski definition) is 3. The van der Waals surface area contributed by atoms with Crippen LogP contribution in [0.15, 0.2) is 35.1 Å². The molecule has 1 saturated carbocycles. The maximum atomic E-state index is 7.50. The number of rotatable bonds is 3. The van der Waals surface area contributed by atoms with Crippen LogP contribution < -0.4 is 0 Å². The monoisotopic (exact) mass is 431 g/mol. The molecule has 1 fully saturated rings. The van der Waals surface area contributed by atoms with Gasteiger partial charge in [-0.2, -0.15) is 0 Å². The van der Waals surface area contributed by atoms with E-state index in [2.05, 4.69) is 52.7 Å². The standard InChI is InChI=1S/C10H15.C8H11NO2P.2CO.Fe/c1-6-7(2)9(4)10(5)8(6)3;1-10-12(11-2)9-8-6-4-3-5-7-8;2*1-2;/h1-5H3;3-7H,1-2H3;;;/q;+1;;;. The predicted octanol–water partition coefficient (Wildman–Crippen LogP) is 6.00. The van der Waals surface area contributed by atoms with Gasteiger partial charge in [0.15, 0.2) is 0 Å². The van der Waals surface area contributed by atoms with Gasteiger partial charge in [-0.05, 0) is 46.5 Å². The van der Waals surface area contributed by atoms with Gasteiger partial charge in [0.25, 0.3) is 0 Å². The van der Waals surface area contributed by atoms with Crippen LogP contribution in [0.4, 0.5) is 5.69 Å². The number of nitrogens with zero attached hydrogens (tertiary/aromatic N) is 1. The van der Waals surface area contributed by atoms with Crippen LogP contribution in [-0.2, 0) is 35.4 Å². The van der Waals surface area contributed by atoms with Crippen LogP contribution in [0.3, 0.4) is 0 Å². The smallest absolute Gasteiger partial charge is 0 e. The summed E-state index contributed by atoms with van der Waals surface area (Å²) in [5, 5.41) is 0. The van der Waals surface area contributed by atoms with E-state index in [1.807, 2.05) is 30.3 Å². The molecule has 2 rings (SSSR count). The molecule has 0 heterocycles. The molecular formula is C20H26FeNO4P+. The minimum atomic E-state index is -1.11. The Morgan fingerprint density at radius 2 is 1.00 bits per heavy atom. The Morgan fingerprint density at radius 3 is 1.26 bits per heavy atom. The second-order valence-electron chi connectivity index (χ2n) is 5.16. The summed E-state index contributed by atoms with van der Waals surface area (Å²) in [5.41, 5.74) is 0.882. The normalized spacial score (nSPS) is 14.9. The summed E-state index contributed by atoms with van der Waals surface area (Å²) >= 11 is 0. The summed E-state index contributed by atoms with van der Waals surface area (Å²) in [6.07, 6.45) is 0. The van der Waals surface area contributed by atoms with E-state index >= 15 is 0 Å². The van der Waals surface area contributed by atoms with Crippen molar-refractivity contribution in [1.82, 2.24) is 0 Å². The molecule has 1 aromatic rings. The van der Waals surface area contributed by atoms with Crippen molar-refractivity contribution in [2.75, 3.05) is 14.2 Å². The zero-order valence-corrected chi connectivity index (χ0v) is 18.8.